The molecule has 0 radical (unpaired) electrons. The zero-order chi connectivity index (χ0) is 37.0. The molecular weight excluding hydrogens is 723 g/mol. The summed E-state index contributed by atoms with van der Waals surface area (Å²) in [7, 11) is 0. The van der Waals surface area contributed by atoms with Crippen LogP contribution >= 0.6 is 22.7 Å². The first-order valence-electron chi connectivity index (χ1n) is 18.4. The first kappa shape index (κ1) is 32.5. The van der Waals surface area contributed by atoms with Crippen molar-refractivity contribution < 1.29 is 0 Å². The molecule has 0 spiro atoms. The summed E-state index contributed by atoms with van der Waals surface area (Å²) in [6, 6.07) is 60.8. The molecule has 0 aliphatic carbocycles. The van der Waals surface area contributed by atoms with Crippen molar-refractivity contribution in [1.29, 1.82) is 0 Å². The van der Waals surface area contributed by atoms with Crippen LogP contribution in [0.15, 0.2) is 176 Å². The molecule has 4 heterocycles. The highest BCUT2D eigenvalue weighted by Gasteiger charge is 2.21. The smallest absolute Gasteiger partial charge is 0.164 e. The number of thiophene rings is 2. The van der Waals surface area contributed by atoms with E-state index in [1.165, 1.54) is 24.9 Å². The van der Waals surface area contributed by atoms with Crippen LogP contribution in [0.1, 0.15) is 0 Å². The lowest BCUT2D eigenvalue weighted by molar-refractivity contribution is 1.07. The van der Waals surface area contributed by atoms with Crippen molar-refractivity contribution in [3.8, 4) is 67.9 Å². The summed E-state index contributed by atoms with van der Waals surface area (Å²) >= 11 is 3.56. The molecule has 0 atom stereocenters. The molecule has 5 nitrogen and oxygen atoms in total. The highest BCUT2D eigenvalue weighted by Crippen LogP contribution is 2.45. The number of rotatable bonds is 6. The molecule has 11 aromatic rings. The van der Waals surface area contributed by atoms with Crippen LogP contribution in [0.5, 0.6) is 0 Å². The molecule has 0 unspecified atom stereocenters. The van der Waals surface area contributed by atoms with Crippen LogP contribution in [0.25, 0.3) is 108 Å². The fourth-order valence-electron chi connectivity index (χ4n) is 7.53. The van der Waals surface area contributed by atoms with Crippen molar-refractivity contribution in [2.75, 3.05) is 0 Å². The minimum atomic E-state index is 0.632. The van der Waals surface area contributed by atoms with Crippen LogP contribution in [-0.4, -0.2) is 24.9 Å². The van der Waals surface area contributed by atoms with E-state index in [4.69, 9.17) is 24.9 Å². The van der Waals surface area contributed by atoms with Gasteiger partial charge >= 0.3 is 0 Å². The Balaban J connectivity index is 1.07. The van der Waals surface area contributed by atoms with Crippen LogP contribution in [0.4, 0.5) is 0 Å². The molecule has 7 aromatic carbocycles. The highest BCUT2D eigenvalue weighted by molar-refractivity contribution is 7.26. The Bertz CT molecular complexity index is 3190. The van der Waals surface area contributed by atoms with E-state index in [2.05, 4.69) is 109 Å². The lowest BCUT2D eigenvalue weighted by Gasteiger charge is -2.10. The predicted octanol–water partition coefficient (Wildman–Crippen LogP) is 13.4. The number of aromatic nitrogens is 5. The average molecular weight is 752 g/mol. The standard InChI is InChI=1S/C49H29N5S2/c1-4-15-30(16-5-1)42-45-43(36-23-10-11-27-39(36)55-45)51-49(50-42)38-26-14-28-40-41(38)37-25-13-24-35(44(37)56-40)33-21-12-22-34(29-33)48-53-46(31-17-6-2-7-18-31)52-47(54-48)32-19-8-3-9-20-32/h1-29H. The van der Waals surface area contributed by atoms with Gasteiger partial charge in [0.1, 0.15) is 0 Å². The van der Waals surface area contributed by atoms with E-state index >= 15 is 0 Å². The fourth-order valence-corrected chi connectivity index (χ4v) is 9.95. The summed E-state index contributed by atoms with van der Waals surface area (Å²) in [5.74, 6) is 2.65. The maximum Gasteiger partial charge on any atom is 0.164 e. The molecule has 0 aliphatic rings. The Morgan fingerprint density at radius 2 is 0.839 bits per heavy atom. The topological polar surface area (TPSA) is 64.5 Å². The van der Waals surface area contributed by atoms with Gasteiger partial charge in [-0.15, -0.1) is 22.7 Å². The molecule has 0 fully saturated rings. The minimum Gasteiger partial charge on any atom is -0.226 e. The Labute approximate surface area is 330 Å². The van der Waals surface area contributed by atoms with Crippen molar-refractivity contribution in [2.24, 2.45) is 0 Å². The second kappa shape index (κ2) is 13.4. The fraction of sp³-hybridized carbons (Fsp3) is 0. The molecule has 262 valence electrons. The number of fused-ring (bicyclic) bond motifs is 6. The normalized spacial score (nSPS) is 11.6. The van der Waals surface area contributed by atoms with Crippen molar-refractivity contribution in [2.45, 2.75) is 0 Å². The zero-order valence-corrected chi connectivity index (χ0v) is 31.4. The first-order valence-corrected chi connectivity index (χ1v) is 20.1. The molecule has 0 bridgehead atoms. The van der Waals surface area contributed by atoms with E-state index in [9.17, 15) is 0 Å². The monoisotopic (exact) mass is 751 g/mol. The van der Waals surface area contributed by atoms with E-state index in [0.29, 0.717) is 17.5 Å². The van der Waals surface area contributed by atoms with Gasteiger partial charge in [-0.3, -0.25) is 0 Å². The average Bonchev–Trinajstić information content (AvgIpc) is 3.86. The molecule has 0 saturated heterocycles. The Kier molecular flexibility index (Phi) is 7.79. The molecule has 0 amide bonds. The third-order valence-corrected chi connectivity index (χ3v) is 12.5. The molecule has 56 heavy (non-hydrogen) atoms. The lowest BCUT2D eigenvalue weighted by Crippen LogP contribution is -2.00. The highest BCUT2D eigenvalue weighted by atomic mass is 32.1. The van der Waals surface area contributed by atoms with Gasteiger partial charge in [0.25, 0.3) is 0 Å². The molecule has 4 aromatic heterocycles. The summed E-state index contributed by atoms with van der Waals surface area (Å²) < 4.78 is 4.72. The summed E-state index contributed by atoms with van der Waals surface area (Å²) in [6.07, 6.45) is 0. The van der Waals surface area contributed by atoms with Gasteiger partial charge in [0.2, 0.25) is 0 Å². The van der Waals surface area contributed by atoms with Gasteiger partial charge in [0.15, 0.2) is 23.3 Å². The van der Waals surface area contributed by atoms with Gasteiger partial charge in [-0.1, -0.05) is 158 Å². The maximum absolute atomic E-state index is 5.34. The third kappa shape index (κ3) is 5.56. The second-order valence-electron chi connectivity index (χ2n) is 13.6. The van der Waals surface area contributed by atoms with Gasteiger partial charge in [0, 0.05) is 58.1 Å². The van der Waals surface area contributed by atoms with Crippen molar-refractivity contribution in [3.05, 3.63) is 176 Å². The van der Waals surface area contributed by atoms with Crippen LogP contribution in [0.3, 0.4) is 0 Å². The summed E-state index contributed by atoms with van der Waals surface area (Å²) in [4.78, 5) is 25.6. The van der Waals surface area contributed by atoms with Crippen molar-refractivity contribution in [3.63, 3.8) is 0 Å². The van der Waals surface area contributed by atoms with Gasteiger partial charge < -0.3 is 0 Å². The Morgan fingerprint density at radius 3 is 1.57 bits per heavy atom. The summed E-state index contributed by atoms with van der Waals surface area (Å²) in [6.45, 7) is 0. The lowest BCUT2D eigenvalue weighted by atomic mass is 9.99. The molecular formula is C49H29N5S2. The minimum absolute atomic E-state index is 0.632. The Hall–Kier alpha value is -6.93. The second-order valence-corrected chi connectivity index (χ2v) is 15.7. The van der Waals surface area contributed by atoms with Gasteiger partial charge in [-0.05, 0) is 29.3 Å². The molecule has 11 rings (SSSR count). The quantitative estimate of drug-likeness (QED) is 0.169. The van der Waals surface area contributed by atoms with E-state index < -0.39 is 0 Å². The number of benzene rings is 7. The van der Waals surface area contributed by atoms with Crippen molar-refractivity contribution in [1.82, 2.24) is 24.9 Å². The summed E-state index contributed by atoms with van der Waals surface area (Å²) in [5, 5.41) is 3.50. The first-order chi connectivity index (χ1) is 27.7. The number of hydrogen-bond acceptors (Lipinski definition) is 7. The SMILES string of the molecule is c1ccc(-c2nc(-c3ccccc3)nc(-c3cccc(-c4cccc5c4sc4cccc(-c6nc(-c7ccccc7)c7sc8ccccc8c7n6)c45)c3)n2)cc1. The molecule has 0 saturated carbocycles. The summed E-state index contributed by atoms with van der Waals surface area (Å²) in [5.41, 5.74) is 9.14. The van der Waals surface area contributed by atoms with Gasteiger partial charge in [-0.25, -0.2) is 24.9 Å². The van der Waals surface area contributed by atoms with E-state index in [1.807, 2.05) is 66.7 Å². The third-order valence-electron chi connectivity index (χ3n) is 10.2. The molecule has 7 heteroatoms. The maximum atomic E-state index is 5.34. The van der Waals surface area contributed by atoms with E-state index in [0.717, 1.165) is 66.1 Å². The zero-order valence-electron chi connectivity index (χ0n) is 29.8. The molecule has 0 N–H and O–H groups in total. The van der Waals surface area contributed by atoms with Crippen LogP contribution < -0.4 is 0 Å². The van der Waals surface area contributed by atoms with E-state index in [-0.39, 0.29) is 0 Å². The van der Waals surface area contributed by atoms with Gasteiger partial charge in [-0.2, -0.15) is 0 Å². The van der Waals surface area contributed by atoms with E-state index in [1.54, 1.807) is 22.7 Å². The predicted molar refractivity (Wildman–Crippen MR) is 234 cm³/mol. The Morgan fingerprint density at radius 1 is 0.321 bits per heavy atom. The van der Waals surface area contributed by atoms with Crippen molar-refractivity contribution >= 4 is 63.1 Å². The van der Waals surface area contributed by atoms with Crippen LogP contribution in [0.2, 0.25) is 0 Å². The largest absolute Gasteiger partial charge is 0.226 e. The number of hydrogen-bond donors (Lipinski definition) is 0. The van der Waals surface area contributed by atoms with Crippen LogP contribution in [0, 0.1) is 0 Å². The van der Waals surface area contributed by atoms with Crippen LogP contribution in [-0.2, 0) is 0 Å². The molecule has 0 aliphatic heterocycles. The van der Waals surface area contributed by atoms with Gasteiger partial charge in [0.05, 0.1) is 15.9 Å². The number of nitrogens with zero attached hydrogens (tertiary/aromatic N) is 5.